The van der Waals surface area contributed by atoms with Crippen LogP contribution >= 0.6 is 58.6 Å². The van der Waals surface area contributed by atoms with Gasteiger partial charge in [-0.3, -0.25) is 4.68 Å². The first-order valence-electron chi connectivity index (χ1n) is 7.41. The van der Waals surface area contributed by atoms with Crippen molar-refractivity contribution >= 4 is 75.2 Å². The van der Waals surface area contributed by atoms with Crippen LogP contribution in [0, 0.1) is 0 Å². The second-order valence-corrected chi connectivity index (χ2v) is 7.44. The average molecular weight is 446 g/mol. The van der Waals surface area contributed by atoms with E-state index in [9.17, 15) is 0 Å². The van der Waals surface area contributed by atoms with Gasteiger partial charge >= 0.3 is 0 Å². The van der Waals surface area contributed by atoms with Crippen LogP contribution < -0.4 is 10.6 Å². The van der Waals surface area contributed by atoms with Crippen LogP contribution in [0.4, 0.5) is 11.5 Å². The van der Waals surface area contributed by atoms with E-state index in [1.807, 2.05) is 18.2 Å². The molecule has 0 unspecified atom stereocenters. The fourth-order valence-electron chi connectivity index (χ4n) is 2.19. The van der Waals surface area contributed by atoms with Gasteiger partial charge in [0.15, 0.2) is 10.9 Å². The lowest BCUT2D eigenvalue weighted by molar-refractivity contribution is 0.690. The number of anilines is 2. The molecule has 0 bridgehead atoms. The second-order valence-electron chi connectivity index (χ2n) is 5.34. The van der Waals surface area contributed by atoms with Crippen LogP contribution in [-0.4, -0.2) is 14.9 Å². The van der Waals surface area contributed by atoms with Crippen LogP contribution in [0.15, 0.2) is 48.7 Å². The van der Waals surface area contributed by atoms with Gasteiger partial charge in [-0.1, -0.05) is 52.5 Å². The van der Waals surface area contributed by atoms with Gasteiger partial charge in [0.2, 0.25) is 0 Å². The summed E-state index contributed by atoms with van der Waals surface area (Å²) in [5, 5.41) is 13.0. The number of thiocarbonyl (C=S) groups is 1. The van der Waals surface area contributed by atoms with E-state index in [1.165, 1.54) is 0 Å². The summed E-state index contributed by atoms with van der Waals surface area (Å²) < 4.78 is 1.67. The number of hydrogen-bond acceptors (Lipinski definition) is 2. The molecule has 3 rings (SSSR count). The first-order valence-corrected chi connectivity index (χ1v) is 9.33. The minimum Gasteiger partial charge on any atom is -0.332 e. The Labute approximate surface area is 176 Å². The van der Waals surface area contributed by atoms with E-state index in [4.69, 9.17) is 58.6 Å². The van der Waals surface area contributed by atoms with Crippen LogP contribution in [0.25, 0.3) is 0 Å². The third-order valence-corrected chi connectivity index (χ3v) is 4.72. The Morgan fingerprint density at radius 3 is 2.31 bits per heavy atom. The molecule has 0 spiro atoms. The molecule has 0 saturated carbocycles. The number of benzene rings is 2. The van der Waals surface area contributed by atoms with Crippen LogP contribution in [0.5, 0.6) is 0 Å². The summed E-state index contributed by atoms with van der Waals surface area (Å²) in [6.07, 6.45) is 1.69. The highest BCUT2D eigenvalue weighted by molar-refractivity contribution is 7.80. The number of nitrogens with one attached hydrogen (secondary N) is 2. The Bertz CT molecular complexity index is 940. The Morgan fingerprint density at radius 2 is 1.62 bits per heavy atom. The van der Waals surface area contributed by atoms with Crippen LogP contribution in [0.1, 0.15) is 5.56 Å². The summed E-state index contributed by atoms with van der Waals surface area (Å²) in [5.41, 5.74) is 1.68. The lowest BCUT2D eigenvalue weighted by Crippen LogP contribution is -2.19. The molecule has 0 aliphatic rings. The molecule has 0 atom stereocenters. The van der Waals surface area contributed by atoms with Gasteiger partial charge in [-0.2, -0.15) is 5.10 Å². The maximum absolute atomic E-state index is 6.24. The highest BCUT2D eigenvalue weighted by Gasteiger charge is 2.10. The molecule has 0 amide bonds. The molecule has 1 aromatic heterocycles. The number of nitrogens with zero attached hydrogens (tertiary/aromatic N) is 2. The molecule has 2 N–H and O–H groups in total. The Morgan fingerprint density at radius 1 is 0.923 bits per heavy atom. The highest BCUT2D eigenvalue weighted by Crippen LogP contribution is 2.24. The summed E-state index contributed by atoms with van der Waals surface area (Å²) in [6.45, 7) is 0.453. The molecule has 2 aromatic carbocycles. The van der Waals surface area contributed by atoms with Crippen molar-refractivity contribution in [3.63, 3.8) is 0 Å². The van der Waals surface area contributed by atoms with Crippen molar-refractivity contribution in [1.29, 1.82) is 0 Å². The topological polar surface area (TPSA) is 41.9 Å². The maximum Gasteiger partial charge on any atom is 0.176 e. The molecular weight excluding hydrogens is 434 g/mol. The monoisotopic (exact) mass is 444 g/mol. The molecule has 0 radical (unpaired) electrons. The molecule has 0 aliphatic carbocycles. The van der Waals surface area contributed by atoms with Gasteiger partial charge in [0.05, 0.1) is 6.54 Å². The van der Waals surface area contributed by atoms with Crippen molar-refractivity contribution in [1.82, 2.24) is 9.78 Å². The first kappa shape index (κ1) is 19.3. The SMILES string of the molecule is S=C(Nc1ccc(Cl)cc1)Nc1nn(Cc2ccc(Cl)cc2Cl)cc1Cl. The molecule has 0 aliphatic heterocycles. The van der Waals surface area contributed by atoms with Crippen LogP contribution in [0.2, 0.25) is 20.1 Å². The molecule has 0 saturated heterocycles. The molecule has 26 heavy (non-hydrogen) atoms. The van der Waals surface area contributed by atoms with Gasteiger partial charge in [0, 0.05) is 27.0 Å². The number of hydrogen-bond donors (Lipinski definition) is 2. The van der Waals surface area contributed by atoms with Crippen molar-refractivity contribution in [2.75, 3.05) is 10.6 Å². The second kappa shape index (κ2) is 8.46. The molecule has 1 heterocycles. The number of halogens is 4. The van der Waals surface area contributed by atoms with E-state index in [1.54, 1.807) is 35.1 Å². The van der Waals surface area contributed by atoms with Crippen molar-refractivity contribution in [2.45, 2.75) is 6.54 Å². The van der Waals surface area contributed by atoms with Gasteiger partial charge in [0.1, 0.15) is 5.02 Å². The van der Waals surface area contributed by atoms with Crippen LogP contribution in [-0.2, 0) is 6.54 Å². The fraction of sp³-hybridized carbons (Fsp3) is 0.0588. The van der Waals surface area contributed by atoms with Crippen molar-refractivity contribution in [3.05, 3.63) is 74.3 Å². The zero-order valence-electron chi connectivity index (χ0n) is 13.1. The molecular formula is C17H12Cl4N4S. The van der Waals surface area contributed by atoms with Crippen LogP contribution in [0.3, 0.4) is 0 Å². The summed E-state index contributed by atoms with van der Waals surface area (Å²) in [5.74, 6) is 0.447. The normalized spacial score (nSPS) is 10.6. The minimum absolute atomic E-state index is 0.365. The van der Waals surface area contributed by atoms with E-state index >= 15 is 0 Å². The van der Waals surface area contributed by atoms with E-state index in [-0.39, 0.29) is 0 Å². The summed E-state index contributed by atoms with van der Waals surface area (Å²) in [7, 11) is 0. The fourth-order valence-corrected chi connectivity index (χ4v) is 3.20. The quantitative estimate of drug-likeness (QED) is 0.458. The Kier molecular flexibility index (Phi) is 6.27. The molecule has 9 heteroatoms. The predicted octanol–water partition coefficient (Wildman–Crippen LogP) is 6.35. The van der Waals surface area contributed by atoms with E-state index in [0.717, 1.165) is 11.3 Å². The largest absolute Gasteiger partial charge is 0.332 e. The molecule has 0 fully saturated rings. The summed E-state index contributed by atoms with van der Waals surface area (Å²) in [6, 6.07) is 12.5. The van der Waals surface area contributed by atoms with Gasteiger partial charge < -0.3 is 10.6 Å². The van der Waals surface area contributed by atoms with Crippen molar-refractivity contribution in [2.24, 2.45) is 0 Å². The van der Waals surface area contributed by atoms with E-state index < -0.39 is 0 Å². The van der Waals surface area contributed by atoms with E-state index in [2.05, 4.69) is 15.7 Å². The van der Waals surface area contributed by atoms with Gasteiger partial charge in [-0.25, -0.2) is 0 Å². The average Bonchev–Trinajstić information content (AvgIpc) is 2.92. The predicted molar refractivity (Wildman–Crippen MR) is 114 cm³/mol. The lowest BCUT2D eigenvalue weighted by atomic mass is 10.2. The number of rotatable bonds is 4. The van der Waals surface area contributed by atoms with Crippen molar-refractivity contribution < 1.29 is 0 Å². The Balaban J connectivity index is 1.67. The van der Waals surface area contributed by atoms with Gasteiger partial charge in [-0.15, -0.1) is 0 Å². The van der Waals surface area contributed by atoms with Crippen molar-refractivity contribution in [3.8, 4) is 0 Å². The number of aromatic nitrogens is 2. The van der Waals surface area contributed by atoms with E-state index in [0.29, 0.717) is 37.6 Å². The highest BCUT2D eigenvalue weighted by atomic mass is 35.5. The van der Waals surface area contributed by atoms with Gasteiger partial charge in [0.25, 0.3) is 0 Å². The maximum atomic E-state index is 6.24. The zero-order chi connectivity index (χ0) is 18.7. The Hall–Kier alpha value is -1.50. The smallest absolute Gasteiger partial charge is 0.176 e. The minimum atomic E-state index is 0.365. The van der Waals surface area contributed by atoms with Gasteiger partial charge in [-0.05, 0) is 54.2 Å². The molecule has 134 valence electrons. The standard InChI is InChI=1S/C17H12Cl4N4S/c18-11-3-5-13(6-4-11)22-17(26)23-16-15(21)9-25(24-16)8-10-1-2-12(19)7-14(10)20/h1-7,9H,8H2,(H2,22,23,24,26). The first-order chi connectivity index (χ1) is 12.4. The third-order valence-electron chi connectivity index (χ3n) is 3.40. The lowest BCUT2D eigenvalue weighted by Gasteiger charge is -2.09. The third kappa shape index (κ3) is 5.02. The summed E-state index contributed by atoms with van der Waals surface area (Å²) in [4.78, 5) is 0. The molecule has 3 aromatic rings. The molecule has 4 nitrogen and oxygen atoms in total. The zero-order valence-corrected chi connectivity index (χ0v) is 17.0. The summed E-state index contributed by atoms with van der Waals surface area (Å²) >= 11 is 29.5.